The highest BCUT2D eigenvalue weighted by atomic mass is 16.4. The van der Waals surface area contributed by atoms with Gasteiger partial charge in [-0.15, -0.1) is 0 Å². The van der Waals surface area contributed by atoms with Crippen molar-refractivity contribution in [1.82, 2.24) is 9.80 Å². The summed E-state index contributed by atoms with van der Waals surface area (Å²) in [5.41, 5.74) is 0. The van der Waals surface area contributed by atoms with Crippen molar-refractivity contribution >= 4 is 5.91 Å². The molecule has 0 saturated carbocycles. The first kappa shape index (κ1) is 18.6. The van der Waals surface area contributed by atoms with Gasteiger partial charge in [-0.25, -0.2) is 0 Å². The predicted molar refractivity (Wildman–Crippen MR) is 87.8 cm³/mol. The number of β-amino-alcohol motifs (C(OH)–C–C–N with tert-alkyl or cyclic N) is 1. The normalized spacial score (nSPS) is 34.1. The first-order valence-corrected chi connectivity index (χ1v) is 8.85. The van der Waals surface area contributed by atoms with Gasteiger partial charge in [-0.2, -0.15) is 0 Å². The highest BCUT2D eigenvalue weighted by Crippen LogP contribution is 2.24. The number of amides is 1. The van der Waals surface area contributed by atoms with Crippen LogP contribution in [0.5, 0.6) is 0 Å². The Morgan fingerprint density at radius 2 is 1.74 bits per heavy atom. The molecule has 134 valence electrons. The molecular formula is C17H32N2O4. The van der Waals surface area contributed by atoms with Crippen molar-refractivity contribution in [2.75, 3.05) is 26.2 Å². The second-order valence-electron chi connectivity index (χ2n) is 7.67. The van der Waals surface area contributed by atoms with Crippen molar-refractivity contribution in [2.45, 2.75) is 64.4 Å². The summed E-state index contributed by atoms with van der Waals surface area (Å²) in [5.74, 6) is 1.11. The molecule has 2 aliphatic rings. The third-order valence-electron chi connectivity index (χ3n) is 5.28. The lowest BCUT2D eigenvalue weighted by Gasteiger charge is -2.44. The van der Waals surface area contributed by atoms with Gasteiger partial charge in [0.25, 0.3) is 0 Å². The fraction of sp³-hybridized carbons (Fsp3) is 0.941. The van der Waals surface area contributed by atoms with E-state index in [0.717, 1.165) is 32.5 Å². The smallest absolute Gasteiger partial charge is 0.222 e. The Bertz CT molecular complexity index is 396. The lowest BCUT2D eigenvalue weighted by Crippen LogP contribution is -2.61. The summed E-state index contributed by atoms with van der Waals surface area (Å²) < 4.78 is 0. The van der Waals surface area contributed by atoms with Crippen LogP contribution >= 0.6 is 0 Å². The van der Waals surface area contributed by atoms with Gasteiger partial charge in [-0.3, -0.25) is 9.69 Å². The molecule has 2 aliphatic heterocycles. The van der Waals surface area contributed by atoms with E-state index in [-0.39, 0.29) is 11.9 Å². The second kappa shape index (κ2) is 7.92. The van der Waals surface area contributed by atoms with E-state index < -0.39 is 18.3 Å². The molecule has 0 aromatic heterocycles. The van der Waals surface area contributed by atoms with Crippen LogP contribution < -0.4 is 0 Å². The van der Waals surface area contributed by atoms with Gasteiger partial charge >= 0.3 is 0 Å². The topological polar surface area (TPSA) is 84.2 Å². The number of likely N-dealkylation sites (tertiary alicyclic amines) is 2. The number of rotatable bonds is 4. The number of hydrogen-bond donors (Lipinski definition) is 3. The van der Waals surface area contributed by atoms with Crippen LogP contribution in [0.1, 0.15) is 40.0 Å². The summed E-state index contributed by atoms with van der Waals surface area (Å²) in [4.78, 5) is 16.1. The van der Waals surface area contributed by atoms with Crippen molar-refractivity contribution in [3.8, 4) is 0 Å². The summed E-state index contributed by atoms with van der Waals surface area (Å²) in [5, 5.41) is 29.6. The maximum absolute atomic E-state index is 12.1. The zero-order valence-electron chi connectivity index (χ0n) is 14.6. The summed E-state index contributed by atoms with van der Waals surface area (Å²) in [6.07, 6.45) is -0.328. The molecule has 0 aliphatic carbocycles. The van der Waals surface area contributed by atoms with E-state index in [1.165, 1.54) is 0 Å². The average molecular weight is 328 g/mol. The van der Waals surface area contributed by atoms with Crippen molar-refractivity contribution in [1.29, 1.82) is 0 Å². The molecule has 2 heterocycles. The van der Waals surface area contributed by atoms with Gasteiger partial charge in [0.15, 0.2) is 0 Å². The van der Waals surface area contributed by atoms with E-state index in [4.69, 9.17) is 0 Å². The van der Waals surface area contributed by atoms with Gasteiger partial charge in [0.2, 0.25) is 5.91 Å². The highest BCUT2D eigenvalue weighted by molar-refractivity contribution is 5.76. The molecule has 0 bridgehead atoms. The summed E-state index contributed by atoms with van der Waals surface area (Å²) in [7, 11) is 0. The number of carbonyl (C=O) groups excluding carboxylic acids is 1. The van der Waals surface area contributed by atoms with E-state index in [2.05, 4.69) is 18.7 Å². The minimum Gasteiger partial charge on any atom is -0.389 e. The summed E-state index contributed by atoms with van der Waals surface area (Å²) >= 11 is 0. The SMILES string of the molecule is CC(C)CC(=O)N1CCC(CN2C[C@H](O)[C@@H](O)[C@H](O)[C@H]2C)CC1. The Morgan fingerprint density at radius 3 is 2.30 bits per heavy atom. The molecule has 4 atom stereocenters. The number of hydrogen-bond acceptors (Lipinski definition) is 5. The summed E-state index contributed by atoms with van der Waals surface area (Å²) in [6, 6.07) is -0.158. The van der Waals surface area contributed by atoms with Gasteiger partial charge < -0.3 is 20.2 Å². The van der Waals surface area contributed by atoms with E-state index >= 15 is 0 Å². The second-order valence-corrected chi connectivity index (χ2v) is 7.67. The predicted octanol–water partition coefficient (Wildman–Crippen LogP) is 0.0579. The largest absolute Gasteiger partial charge is 0.389 e. The molecular weight excluding hydrogens is 296 g/mol. The lowest BCUT2D eigenvalue weighted by molar-refractivity contribution is -0.138. The van der Waals surface area contributed by atoms with Crippen molar-refractivity contribution in [3.63, 3.8) is 0 Å². The monoisotopic (exact) mass is 328 g/mol. The van der Waals surface area contributed by atoms with Gasteiger partial charge in [0.05, 0.1) is 12.2 Å². The van der Waals surface area contributed by atoms with E-state index in [1.54, 1.807) is 0 Å². The maximum atomic E-state index is 12.1. The van der Waals surface area contributed by atoms with Crippen molar-refractivity contribution in [2.24, 2.45) is 11.8 Å². The first-order chi connectivity index (χ1) is 10.8. The van der Waals surface area contributed by atoms with E-state index in [1.807, 2.05) is 11.8 Å². The van der Waals surface area contributed by atoms with Crippen molar-refractivity contribution in [3.05, 3.63) is 0 Å². The van der Waals surface area contributed by atoms with Crippen LogP contribution in [0, 0.1) is 11.8 Å². The highest BCUT2D eigenvalue weighted by Gasteiger charge is 2.39. The number of carbonyl (C=O) groups is 1. The molecule has 2 fully saturated rings. The van der Waals surface area contributed by atoms with Crippen LogP contribution in [-0.4, -0.2) is 81.6 Å². The Morgan fingerprint density at radius 1 is 1.13 bits per heavy atom. The molecule has 2 saturated heterocycles. The maximum Gasteiger partial charge on any atom is 0.222 e. The zero-order chi connectivity index (χ0) is 17.1. The standard InChI is InChI=1S/C17H32N2O4/c1-11(2)8-15(21)18-6-4-13(5-7-18)9-19-10-14(20)17(23)16(22)12(19)3/h11-14,16-17,20,22-23H,4-10H2,1-3H3/t12-,14+,16-,17-/m1/s1. The molecule has 23 heavy (non-hydrogen) atoms. The molecule has 3 N–H and O–H groups in total. The Hall–Kier alpha value is -0.690. The van der Waals surface area contributed by atoms with Crippen LogP contribution in [0.15, 0.2) is 0 Å². The lowest BCUT2D eigenvalue weighted by atomic mass is 9.90. The van der Waals surface area contributed by atoms with Crippen LogP contribution in [-0.2, 0) is 4.79 Å². The molecule has 0 aromatic rings. The van der Waals surface area contributed by atoms with E-state index in [9.17, 15) is 20.1 Å². The van der Waals surface area contributed by atoms with Crippen LogP contribution in [0.25, 0.3) is 0 Å². The average Bonchev–Trinajstić information content (AvgIpc) is 2.50. The third kappa shape index (κ3) is 4.66. The molecule has 0 spiro atoms. The number of aliphatic hydroxyl groups is 3. The third-order valence-corrected chi connectivity index (χ3v) is 5.28. The van der Waals surface area contributed by atoms with Gasteiger partial charge in [0.1, 0.15) is 6.10 Å². The molecule has 1 amide bonds. The molecule has 2 rings (SSSR count). The number of aliphatic hydroxyl groups excluding tert-OH is 3. The number of nitrogens with zero attached hydrogens (tertiary/aromatic N) is 2. The Labute approximate surface area is 139 Å². The van der Waals surface area contributed by atoms with Crippen LogP contribution in [0.4, 0.5) is 0 Å². The van der Waals surface area contributed by atoms with E-state index in [0.29, 0.717) is 24.8 Å². The van der Waals surface area contributed by atoms with Gasteiger partial charge in [0, 0.05) is 38.6 Å². The van der Waals surface area contributed by atoms with Crippen molar-refractivity contribution < 1.29 is 20.1 Å². The Kier molecular flexibility index (Phi) is 6.42. The fourth-order valence-electron chi connectivity index (χ4n) is 3.66. The zero-order valence-corrected chi connectivity index (χ0v) is 14.6. The molecule has 0 aromatic carbocycles. The molecule has 6 heteroatoms. The molecule has 0 radical (unpaired) electrons. The first-order valence-electron chi connectivity index (χ1n) is 8.85. The molecule has 0 unspecified atom stereocenters. The van der Waals surface area contributed by atoms with Gasteiger partial charge in [-0.05, 0) is 31.6 Å². The minimum atomic E-state index is -1.06. The van der Waals surface area contributed by atoms with Crippen LogP contribution in [0.3, 0.4) is 0 Å². The number of piperidine rings is 2. The molecule has 6 nitrogen and oxygen atoms in total. The Balaban J connectivity index is 1.81. The summed E-state index contributed by atoms with van der Waals surface area (Å²) in [6.45, 7) is 8.81. The minimum absolute atomic E-state index is 0.158. The fourth-order valence-corrected chi connectivity index (χ4v) is 3.66. The van der Waals surface area contributed by atoms with Gasteiger partial charge in [-0.1, -0.05) is 13.8 Å². The van der Waals surface area contributed by atoms with Crippen LogP contribution in [0.2, 0.25) is 0 Å². The quantitative estimate of drug-likeness (QED) is 0.679.